The van der Waals surface area contributed by atoms with Crippen LogP contribution in [0.2, 0.25) is 10.0 Å². The zero-order chi connectivity index (χ0) is 16.0. The third kappa shape index (κ3) is 2.53. The zero-order valence-corrected chi connectivity index (χ0v) is 14.1. The van der Waals surface area contributed by atoms with Gasteiger partial charge in [0.05, 0.1) is 28.8 Å². The molecule has 2 aromatic carbocycles. The Morgan fingerprint density at radius 2 is 1.91 bits per heavy atom. The zero-order valence-electron chi connectivity index (χ0n) is 11.8. The molecule has 0 unspecified atom stereocenters. The first-order valence-corrected chi connectivity index (χ1v) is 8.51. The van der Waals surface area contributed by atoms with Gasteiger partial charge in [0, 0.05) is 20.0 Å². The Morgan fingerprint density at radius 1 is 1.09 bits per heavy atom. The van der Waals surface area contributed by atoms with Crippen LogP contribution in [-0.2, 0) is 6.54 Å². The molecule has 3 nitrogen and oxygen atoms in total. The molecule has 0 aliphatic rings. The molecule has 4 aromatic rings. The van der Waals surface area contributed by atoms with Crippen LogP contribution in [0.25, 0.3) is 21.0 Å². The number of rotatable bonds is 2. The minimum Gasteiger partial charge on any atom is -0.293 e. The minimum atomic E-state index is -0.0970. The van der Waals surface area contributed by atoms with Gasteiger partial charge in [0.25, 0.3) is 5.56 Å². The molecule has 0 fully saturated rings. The topological polar surface area (TPSA) is 34.9 Å². The number of thiophene rings is 1. The molecular weight excluding hydrogens is 351 g/mol. The first-order chi connectivity index (χ1) is 11.1. The molecule has 6 heteroatoms. The Morgan fingerprint density at radius 3 is 2.74 bits per heavy atom. The molecule has 0 bridgehead atoms. The number of hydrogen-bond donors (Lipinski definition) is 0. The van der Waals surface area contributed by atoms with E-state index in [9.17, 15) is 4.79 Å². The predicted molar refractivity (Wildman–Crippen MR) is 97.0 cm³/mol. The van der Waals surface area contributed by atoms with Gasteiger partial charge in [-0.1, -0.05) is 41.4 Å². The van der Waals surface area contributed by atoms with Gasteiger partial charge < -0.3 is 0 Å². The molecule has 2 heterocycles. The lowest BCUT2D eigenvalue weighted by Crippen LogP contribution is -2.20. The summed E-state index contributed by atoms with van der Waals surface area (Å²) in [5, 5.41) is 2.83. The smallest absolute Gasteiger partial charge is 0.261 e. The van der Waals surface area contributed by atoms with Crippen molar-refractivity contribution in [3.05, 3.63) is 74.1 Å². The second-order valence-corrected chi connectivity index (χ2v) is 7.13. The van der Waals surface area contributed by atoms with Gasteiger partial charge >= 0.3 is 0 Å². The van der Waals surface area contributed by atoms with Crippen molar-refractivity contribution in [2.75, 3.05) is 0 Å². The first kappa shape index (κ1) is 14.7. The maximum Gasteiger partial charge on any atom is 0.261 e. The molecule has 4 rings (SSSR count). The van der Waals surface area contributed by atoms with E-state index >= 15 is 0 Å². The van der Waals surface area contributed by atoms with Crippen molar-refractivity contribution in [2.24, 2.45) is 0 Å². The quantitative estimate of drug-likeness (QED) is 0.505. The molecule has 2 aromatic heterocycles. The van der Waals surface area contributed by atoms with Crippen LogP contribution in [0.15, 0.2) is 53.6 Å². The van der Waals surface area contributed by atoms with Gasteiger partial charge in [0.2, 0.25) is 0 Å². The van der Waals surface area contributed by atoms with Crippen LogP contribution >= 0.6 is 34.5 Å². The SMILES string of the molecule is O=c1c2ccc(Cl)cc2ncn1Cc1sc2ccccc2c1Cl. The highest BCUT2D eigenvalue weighted by Gasteiger charge is 2.12. The van der Waals surface area contributed by atoms with Gasteiger partial charge in [-0.25, -0.2) is 4.98 Å². The van der Waals surface area contributed by atoms with E-state index in [4.69, 9.17) is 23.2 Å². The molecule has 0 spiro atoms. The Bertz CT molecular complexity index is 1100. The van der Waals surface area contributed by atoms with E-state index in [1.807, 2.05) is 24.3 Å². The molecule has 0 atom stereocenters. The van der Waals surface area contributed by atoms with Crippen LogP contribution in [0.1, 0.15) is 4.88 Å². The fraction of sp³-hybridized carbons (Fsp3) is 0.0588. The summed E-state index contributed by atoms with van der Waals surface area (Å²) in [5.41, 5.74) is 0.501. The number of fused-ring (bicyclic) bond motifs is 2. The summed E-state index contributed by atoms with van der Waals surface area (Å²) in [6.07, 6.45) is 1.54. The van der Waals surface area contributed by atoms with Gasteiger partial charge in [-0.3, -0.25) is 9.36 Å². The Labute approximate surface area is 145 Å². The number of nitrogens with zero attached hydrogens (tertiary/aromatic N) is 2. The van der Waals surface area contributed by atoms with E-state index < -0.39 is 0 Å². The van der Waals surface area contributed by atoms with Crippen LogP contribution in [0.5, 0.6) is 0 Å². The van der Waals surface area contributed by atoms with Crippen molar-refractivity contribution in [3.8, 4) is 0 Å². The average Bonchev–Trinajstić information content (AvgIpc) is 2.87. The number of hydrogen-bond acceptors (Lipinski definition) is 3. The standard InChI is InChI=1S/C17H10Cl2N2OS/c18-10-5-6-11-13(7-10)20-9-21(17(11)22)8-15-16(19)12-3-1-2-4-14(12)23-15/h1-7,9H,8H2. The van der Waals surface area contributed by atoms with E-state index in [0.29, 0.717) is 27.5 Å². The summed E-state index contributed by atoms with van der Waals surface area (Å²) in [5.74, 6) is 0. The first-order valence-electron chi connectivity index (χ1n) is 6.94. The van der Waals surface area contributed by atoms with E-state index in [1.165, 1.54) is 0 Å². The fourth-order valence-corrected chi connectivity index (χ4v) is 4.22. The van der Waals surface area contributed by atoms with Crippen molar-refractivity contribution in [1.29, 1.82) is 0 Å². The molecule has 0 saturated heterocycles. The van der Waals surface area contributed by atoms with Crippen LogP contribution in [0.4, 0.5) is 0 Å². The van der Waals surface area contributed by atoms with Crippen molar-refractivity contribution in [3.63, 3.8) is 0 Å². The van der Waals surface area contributed by atoms with E-state index in [2.05, 4.69) is 4.98 Å². The normalized spacial score (nSPS) is 11.4. The highest BCUT2D eigenvalue weighted by atomic mass is 35.5. The Kier molecular flexibility index (Phi) is 3.60. The van der Waals surface area contributed by atoms with Crippen LogP contribution in [0, 0.1) is 0 Å². The lowest BCUT2D eigenvalue weighted by atomic mass is 10.2. The lowest BCUT2D eigenvalue weighted by Gasteiger charge is -2.06. The van der Waals surface area contributed by atoms with Crippen molar-refractivity contribution >= 4 is 55.5 Å². The molecule has 114 valence electrons. The third-order valence-corrected chi connectivity index (χ3v) is 5.64. The van der Waals surface area contributed by atoms with Gasteiger partial charge in [-0.2, -0.15) is 0 Å². The molecule has 0 saturated carbocycles. The molecule has 23 heavy (non-hydrogen) atoms. The van der Waals surface area contributed by atoms with Gasteiger partial charge in [-0.05, 0) is 24.3 Å². The molecule has 0 N–H and O–H groups in total. The van der Waals surface area contributed by atoms with Crippen LogP contribution in [0.3, 0.4) is 0 Å². The average molecular weight is 361 g/mol. The summed E-state index contributed by atoms with van der Waals surface area (Å²) < 4.78 is 2.69. The van der Waals surface area contributed by atoms with E-state index in [1.54, 1.807) is 40.4 Å². The highest BCUT2D eigenvalue weighted by Crippen LogP contribution is 2.35. The molecule has 0 amide bonds. The monoisotopic (exact) mass is 360 g/mol. The minimum absolute atomic E-state index is 0.0970. The highest BCUT2D eigenvalue weighted by molar-refractivity contribution is 7.19. The van der Waals surface area contributed by atoms with E-state index in [0.717, 1.165) is 15.0 Å². The second-order valence-electron chi connectivity index (χ2n) is 5.17. The molecular formula is C17H10Cl2N2OS. The molecule has 0 radical (unpaired) electrons. The van der Waals surface area contributed by atoms with Crippen molar-refractivity contribution < 1.29 is 0 Å². The largest absolute Gasteiger partial charge is 0.293 e. The summed E-state index contributed by atoms with van der Waals surface area (Å²) in [7, 11) is 0. The van der Waals surface area contributed by atoms with Gasteiger partial charge in [0.1, 0.15) is 0 Å². The van der Waals surface area contributed by atoms with Gasteiger partial charge in [0.15, 0.2) is 0 Å². The number of halogens is 2. The second kappa shape index (κ2) is 5.64. The van der Waals surface area contributed by atoms with E-state index in [-0.39, 0.29) is 5.56 Å². The molecule has 0 aliphatic carbocycles. The number of benzene rings is 2. The van der Waals surface area contributed by atoms with Gasteiger partial charge in [-0.15, -0.1) is 11.3 Å². The predicted octanol–water partition coefficient (Wildman–Crippen LogP) is 4.97. The Hall–Kier alpha value is -1.88. The lowest BCUT2D eigenvalue weighted by molar-refractivity contribution is 0.758. The van der Waals surface area contributed by atoms with Crippen LogP contribution in [-0.4, -0.2) is 9.55 Å². The fourth-order valence-electron chi connectivity index (χ4n) is 2.57. The summed E-state index contributed by atoms with van der Waals surface area (Å²) >= 11 is 14.0. The third-order valence-electron chi connectivity index (χ3n) is 3.70. The number of aromatic nitrogens is 2. The van der Waals surface area contributed by atoms with Crippen molar-refractivity contribution in [2.45, 2.75) is 6.54 Å². The maximum atomic E-state index is 12.6. The summed E-state index contributed by atoms with van der Waals surface area (Å²) in [4.78, 5) is 17.9. The summed E-state index contributed by atoms with van der Waals surface area (Å²) in [6, 6.07) is 13.0. The summed E-state index contributed by atoms with van der Waals surface area (Å²) in [6.45, 7) is 0.405. The molecule has 0 aliphatic heterocycles. The Balaban J connectivity index is 1.83. The van der Waals surface area contributed by atoms with Crippen molar-refractivity contribution in [1.82, 2.24) is 9.55 Å². The maximum absolute atomic E-state index is 12.6. The van der Waals surface area contributed by atoms with Crippen LogP contribution < -0.4 is 5.56 Å².